The standard InChI is InChI=1S/C15H16N2O2S/c1-2-14(11-5-7-12(18)8-6-11)16-17-15(19)10-13-4-3-9-20-13/h3-9,18H,2,10H2,1H3,(H,17,19)/b16-14+. The van der Waals surface area contributed by atoms with Crippen LogP contribution < -0.4 is 5.43 Å². The minimum atomic E-state index is -0.128. The first-order valence-electron chi connectivity index (χ1n) is 6.36. The van der Waals surface area contributed by atoms with Crippen molar-refractivity contribution in [2.45, 2.75) is 19.8 Å². The molecule has 0 radical (unpaired) electrons. The van der Waals surface area contributed by atoms with Gasteiger partial charge in [0.2, 0.25) is 5.91 Å². The van der Waals surface area contributed by atoms with E-state index in [4.69, 9.17) is 0 Å². The van der Waals surface area contributed by atoms with Crippen molar-refractivity contribution in [2.75, 3.05) is 0 Å². The Bertz CT molecular complexity index is 589. The Balaban J connectivity index is 2.00. The van der Waals surface area contributed by atoms with Gasteiger partial charge in [-0.05, 0) is 47.7 Å². The monoisotopic (exact) mass is 288 g/mol. The molecule has 2 aromatic rings. The van der Waals surface area contributed by atoms with Gasteiger partial charge in [-0.3, -0.25) is 4.79 Å². The van der Waals surface area contributed by atoms with E-state index in [1.165, 1.54) is 0 Å². The molecular formula is C15H16N2O2S. The van der Waals surface area contributed by atoms with Crippen LogP contribution >= 0.6 is 11.3 Å². The summed E-state index contributed by atoms with van der Waals surface area (Å²) in [5, 5.41) is 15.4. The Labute approximate surface area is 121 Å². The van der Waals surface area contributed by atoms with E-state index in [0.717, 1.165) is 16.2 Å². The zero-order chi connectivity index (χ0) is 14.4. The number of carbonyl (C=O) groups is 1. The van der Waals surface area contributed by atoms with Gasteiger partial charge >= 0.3 is 0 Å². The van der Waals surface area contributed by atoms with Gasteiger partial charge in [0.05, 0.1) is 12.1 Å². The fourth-order valence-electron chi connectivity index (χ4n) is 1.74. The fraction of sp³-hybridized carbons (Fsp3) is 0.200. The molecule has 0 atom stereocenters. The summed E-state index contributed by atoms with van der Waals surface area (Å²) in [6.07, 6.45) is 1.04. The van der Waals surface area contributed by atoms with Crippen molar-refractivity contribution in [1.82, 2.24) is 5.43 Å². The number of hydrogen-bond acceptors (Lipinski definition) is 4. The Morgan fingerprint density at radius 1 is 1.30 bits per heavy atom. The quantitative estimate of drug-likeness (QED) is 0.656. The summed E-state index contributed by atoms with van der Waals surface area (Å²) in [5.41, 5.74) is 4.25. The van der Waals surface area contributed by atoms with E-state index >= 15 is 0 Å². The van der Waals surface area contributed by atoms with E-state index < -0.39 is 0 Å². The van der Waals surface area contributed by atoms with Crippen LogP contribution in [0.3, 0.4) is 0 Å². The molecule has 1 aromatic carbocycles. The third kappa shape index (κ3) is 3.93. The van der Waals surface area contributed by atoms with Crippen molar-refractivity contribution in [2.24, 2.45) is 5.10 Å². The van der Waals surface area contributed by atoms with Gasteiger partial charge in [-0.1, -0.05) is 13.0 Å². The number of amides is 1. The lowest BCUT2D eigenvalue weighted by Crippen LogP contribution is -2.21. The molecule has 0 aliphatic rings. The number of hydrogen-bond donors (Lipinski definition) is 2. The number of rotatable bonds is 5. The first-order valence-corrected chi connectivity index (χ1v) is 7.24. The van der Waals surface area contributed by atoms with Crippen molar-refractivity contribution in [3.63, 3.8) is 0 Å². The molecule has 0 saturated heterocycles. The number of thiophene rings is 1. The summed E-state index contributed by atoms with van der Waals surface area (Å²) in [6.45, 7) is 1.97. The zero-order valence-electron chi connectivity index (χ0n) is 11.2. The third-order valence-corrected chi connectivity index (χ3v) is 3.64. The van der Waals surface area contributed by atoms with E-state index in [1.807, 2.05) is 24.4 Å². The molecule has 2 N–H and O–H groups in total. The molecule has 5 heteroatoms. The van der Waals surface area contributed by atoms with Crippen LogP contribution in [-0.4, -0.2) is 16.7 Å². The average Bonchev–Trinajstić information content (AvgIpc) is 2.94. The van der Waals surface area contributed by atoms with Crippen molar-refractivity contribution in [3.8, 4) is 5.75 Å². The van der Waals surface area contributed by atoms with Crippen molar-refractivity contribution in [1.29, 1.82) is 0 Å². The van der Waals surface area contributed by atoms with E-state index in [-0.39, 0.29) is 11.7 Å². The van der Waals surface area contributed by atoms with Gasteiger partial charge in [0.1, 0.15) is 5.75 Å². The molecule has 0 spiro atoms. The highest BCUT2D eigenvalue weighted by atomic mass is 32.1. The van der Waals surface area contributed by atoms with Crippen LogP contribution in [0.4, 0.5) is 0 Å². The highest BCUT2D eigenvalue weighted by Crippen LogP contribution is 2.12. The van der Waals surface area contributed by atoms with Crippen LogP contribution in [0.2, 0.25) is 0 Å². The normalized spacial score (nSPS) is 11.3. The molecule has 0 saturated carbocycles. The molecule has 20 heavy (non-hydrogen) atoms. The predicted octanol–water partition coefficient (Wildman–Crippen LogP) is 2.93. The highest BCUT2D eigenvalue weighted by Gasteiger charge is 2.05. The number of phenols is 1. The van der Waals surface area contributed by atoms with Crippen molar-refractivity contribution >= 4 is 23.0 Å². The van der Waals surface area contributed by atoms with Gasteiger partial charge < -0.3 is 5.11 Å². The molecule has 1 heterocycles. The number of nitrogens with one attached hydrogen (secondary N) is 1. The molecular weight excluding hydrogens is 272 g/mol. The van der Waals surface area contributed by atoms with Crippen molar-refractivity contribution < 1.29 is 9.90 Å². The number of benzene rings is 1. The molecule has 0 bridgehead atoms. The number of aromatic hydroxyl groups is 1. The lowest BCUT2D eigenvalue weighted by atomic mass is 10.1. The van der Waals surface area contributed by atoms with E-state index in [0.29, 0.717) is 12.8 Å². The maximum absolute atomic E-state index is 11.8. The van der Waals surface area contributed by atoms with E-state index in [9.17, 15) is 9.90 Å². The number of phenolic OH excluding ortho intramolecular Hbond substituents is 1. The molecule has 1 amide bonds. The minimum Gasteiger partial charge on any atom is -0.508 e. The van der Waals surface area contributed by atoms with Crippen molar-refractivity contribution in [3.05, 3.63) is 52.2 Å². The molecule has 0 fully saturated rings. The maximum atomic E-state index is 11.8. The molecule has 0 aliphatic carbocycles. The molecule has 0 unspecified atom stereocenters. The first kappa shape index (κ1) is 14.3. The van der Waals surface area contributed by atoms with Gasteiger partial charge in [0.15, 0.2) is 0 Å². The topological polar surface area (TPSA) is 61.7 Å². The van der Waals surface area contributed by atoms with Crippen LogP contribution in [0.15, 0.2) is 46.9 Å². The fourth-order valence-corrected chi connectivity index (χ4v) is 2.45. The Morgan fingerprint density at radius 2 is 2.05 bits per heavy atom. The SMILES string of the molecule is CC/C(=N\NC(=O)Cc1cccs1)c1ccc(O)cc1. The van der Waals surface area contributed by atoms with Gasteiger partial charge in [0, 0.05) is 4.88 Å². The summed E-state index contributed by atoms with van der Waals surface area (Å²) >= 11 is 1.55. The van der Waals surface area contributed by atoms with Crippen LogP contribution in [0.5, 0.6) is 5.75 Å². The largest absolute Gasteiger partial charge is 0.508 e. The summed E-state index contributed by atoms with van der Waals surface area (Å²) in [7, 11) is 0. The number of carbonyl (C=O) groups excluding carboxylic acids is 1. The van der Waals surface area contributed by atoms with E-state index in [2.05, 4.69) is 10.5 Å². The lowest BCUT2D eigenvalue weighted by molar-refractivity contribution is -0.120. The summed E-state index contributed by atoms with van der Waals surface area (Å²) in [5.74, 6) is 0.0862. The second-order valence-corrected chi connectivity index (χ2v) is 5.28. The predicted molar refractivity (Wildman–Crippen MR) is 81.1 cm³/mol. The molecule has 0 aliphatic heterocycles. The Kier molecular flexibility index (Phi) is 4.90. The molecule has 104 valence electrons. The van der Waals surface area contributed by atoms with Gasteiger partial charge in [0.25, 0.3) is 0 Å². The zero-order valence-corrected chi connectivity index (χ0v) is 12.0. The van der Waals surface area contributed by atoms with Gasteiger partial charge in [-0.25, -0.2) is 5.43 Å². The summed E-state index contributed by atoms with van der Waals surface area (Å²) in [6, 6.07) is 10.6. The van der Waals surface area contributed by atoms with E-state index in [1.54, 1.807) is 35.6 Å². The van der Waals surface area contributed by atoms with Crippen LogP contribution in [-0.2, 0) is 11.2 Å². The Hall–Kier alpha value is -2.14. The Morgan fingerprint density at radius 3 is 2.65 bits per heavy atom. The summed E-state index contributed by atoms with van der Waals surface area (Å²) in [4.78, 5) is 12.8. The van der Waals surface area contributed by atoms with Crippen LogP contribution in [0, 0.1) is 0 Å². The second kappa shape index (κ2) is 6.86. The van der Waals surface area contributed by atoms with Gasteiger partial charge in [-0.2, -0.15) is 5.10 Å². The second-order valence-electron chi connectivity index (χ2n) is 4.25. The molecule has 4 nitrogen and oxygen atoms in total. The third-order valence-electron chi connectivity index (χ3n) is 2.77. The lowest BCUT2D eigenvalue weighted by Gasteiger charge is -2.05. The first-order chi connectivity index (χ1) is 9.69. The highest BCUT2D eigenvalue weighted by molar-refractivity contribution is 7.10. The molecule has 2 rings (SSSR count). The minimum absolute atomic E-state index is 0.128. The smallest absolute Gasteiger partial charge is 0.245 e. The molecule has 1 aromatic heterocycles. The van der Waals surface area contributed by atoms with Gasteiger partial charge in [-0.15, -0.1) is 11.3 Å². The number of hydrazone groups is 1. The average molecular weight is 288 g/mol. The van der Waals surface area contributed by atoms with Crippen LogP contribution in [0.25, 0.3) is 0 Å². The maximum Gasteiger partial charge on any atom is 0.245 e. The number of nitrogens with zero attached hydrogens (tertiary/aromatic N) is 1. The summed E-state index contributed by atoms with van der Waals surface area (Å²) < 4.78 is 0. The van der Waals surface area contributed by atoms with Crippen LogP contribution in [0.1, 0.15) is 23.8 Å².